The van der Waals surface area contributed by atoms with Crippen molar-refractivity contribution < 1.29 is 9.59 Å². The molecule has 1 atom stereocenters. The maximum atomic E-state index is 13.8. The summed E-state index contributed by atoms with van der Waals surface area (Å²) in [6, 6.07) is 9.50. The van der Waals surface area contributed by atoms with Crippen molar-refractivity contribution in [1.29, 1.82) is 0 Å². The molecule has 2 aromatic rings. The summed E-state index contributed by atoms with van der Waals surface area (Å²) in [5, 5.41) is 8.60. The van der Waals surface area contributed by atoms with Crippen molar-refractivity contribution in [3.63, 3.8) is 0 Å². The molecular formula is C26H35ClN4O2. The molecule has 0 saturated heterocycles. The minimum Gasteiger partial charge on any atom is -0.351 e. The van der Waals surface area contributed by atoms with Gasteiger partial charge in [-0.05, 0) is 49.4 Å². The maximum absolute atomic E-state index is 13.8. The Hall–Kier alpha value is -2.34. The largest absolute Gasteiger partial charge is 0.351 e. The second-order valence-electron chi connectivity index (χ2n) is 10.1. The predicted molar refractivity (Wildman–Crippen MR) is 130 cm³/mol. The Balaban J connectivity index is 1.66. The number of carbonyl (C=O) groups excluding carboxylic acids is 2. The first-order valence-corrected chi connectivity index (χ1v) is 12.6. The standard InChI is InChI=1S/C26H35ClN4O2/c1-18(2)22-15-23-24(32)30(16-19-10-9-11-20(27)14-19)26(3,17-31(23)29-22)25(33)28-21-12-7-5-4-6-8-13-21/h9-11,14-15,18,21H,4-8,12-13,16-17H2,1-3H3,(H,28,33)/t26-/m1/s1. The summed E-state index contributed by atoms with van der Waals surface area (Å²) in [6.45, 7) is 6.63. The molecule has 2 heterocycles. The van der Waals surface area contributed by atoms with Crippen LogP contribution in [0.1, 0.15) is 93.4 Å². The molecule has 1 aromatic heterocycles. The van der Waals surface area contributed by atoms with Crippen LogP contribution in [0.2, 0.25) is 5.02 Å². The third kappa shape index (κ3) is 5.11. The quantitative estimate of drug-likeness (QED) is 0.644. The third-order valence-corrected chi connectivity index (χ3v) is 7.30. The first-order chi connectivity index (χ1) is 15.8. The van der Waals surface area contributed by atoms with Crippen LogP contribution in [0.5, 0.6) is 0 Å². The highest BCUT2D eigenvalue weighted by atomic mass is 35.5. The number of nitrogens with one attached hydrogen (secondary N) is 1. The Morgan fingerprint density at radius 2 is 1.88 bits per heavy atom. The van der Waals surface area contributed by atoms with E-state index < -0.39 is 5.54 Å². The number of fused-ring (bicyclic) bond motifs is 1. The number of amides is 2. The highest BCUT2D eigenvalue weighted by Crippen LogP contribution is 2.31. The molecule has 0 radical (unpaired) electrons. The van der Waals surface area contributed by atoms with Gasteiger partial charge in [0.05, 0.1) is 12.2 Å². The predicted octanol–water partition coefficient (Wildman–Crippen LogP) is 5.30. The molecular weight excluding hydrogens is 436 g/mol. The lowest BCUT2D eigenvalue weighted by Crippen LogP contribution is -2.64. The average Bonchev–Trinajstić information content (AvgIpc) is 3.17. The van der Waals surface area contributed by atoms with Crippen LogP contribution in [0.4, 0.5) is 0 Å². The fourth-order valence-electron chi connectivity index (χ4n) is 4.95. The van der Waals surface area contributed by atoms with Gasteiger partial charge in [-0.1, -0.05) is 69.7 Å². The van der Waals surface area contributed by atoms with E-state index >= 15 is 0 Å². The van der Waals surface area contributed by atoms with E-state index in [4.69, 9.17) is 11.6 Å². The molecule has 2 aliphatic rings. The van der Waals surface area contributed by atoms with Gasteiger partial charge in [0.1, 0.15) is 11.2 Å². The van der Waals surface area contributed by atoms with Crippen molar-refractivity contribution in [3.05, 3.63) is 52.3 Å². The van der Waals surface area contributed by atoms with Crippen LogP contribution in [-0.2, 0) is 17.9 Å². The van der Waals surface area contributed by atoms with Crippen LogP contribution >= 0.6 is 11.6 Å². The van der Waals surface area contributed by atoms with Crippen molar-refractivity contribution in [2.45, 2.75) is 96.3 Å². The first kappa shape index (κ1) is 23.8. The molecule has 1 aliphatic carbocycles. The van der Waals surface area contributed by atoms with Crippen LogP contribution < -0.4 is 5.32 Å². The molecule has 2 amide bonds. The molecule has 1 aliphatic heterocycles. The molecule has 0 bridgehead atoms. The number of hydrogen-bond donors (Lipinski definition) is 1. The number of hydrogen-bond acceptors (Lipinski definition) is 3. The highest BCUT2D eigenvalue weighted by molar-refractivity contribution is 6.30. The second kappa shape index (κ2) is 9.88. The molecule has 6 nitrogen and oxygen atoms in total. The van der Waals surface area contributed by atoms with Gasteiger partial charge < -0.3 is 10.2 Å². The van der Waals surface area contributed by atoms with Crippen molar-refractivity contribution in [1.82, 2.24) is 20.0 Å². The number of nitrogens with zero attached hydrogens (tertiary/aromatic N) is 3. The smallest absolute Gasteiger partial charge is 0.273 e. The number of rotatable bonds is 5. The van der Waals surface area contributed by atoms with Gasteiger partial charge in [-0.2, -0.15) is 5.10 Å². The number of aromatic nitrogens is 2. The van der Waals surface area contributed by atoms with Gasteiger partial charge >= 0.3 is 0 Å². The van der Waals surface area contributed by atoms with Gasteiger partial charge in [0.15, 0.2) is 0 Å². The van der Waals surface area contributed by atoms with E-state index in [-0.39, 0.29) is 23.8 Å². The summed E-state index contributed by atoms with van der Waals surface area (Å²) in [7, 11) is 0. The molecule has 1 fully saturated rings. The normalized spacial score (nSPS) is 22.1. The lowest BCUT2D eigenvalue weighted by molar-refractivity contribution is -0.134. The summed E-state index contributed by atoms with van der Waals surface area (Å²) >= 11 is 6.21. The maximum Gasteiger partial charge on any atom is 0.273 e. The highest BCUT2D eigenvalue weighted by Gasteiger charge is 2.48. The van der Waals surface area contributed by atoms with Gasteiger partial charge in [0.25, 0.3) is 5.91 Å². The van der Waals surface area contributed by atoms with Crippen LogP contribution in [0.3, 0.4) is 0 Å². The Labute approximate surface area is 201 Å². The van der Waals surface area contributed by atoms with Crippen molar-refractivity contribution in [2.75, 3.05) is 0 Å². The van der Waals surface area contributed by atoms with E-state index in [0.717, 1.165) is 36.9 Å². The van der Waals surface area contributed by atoms with E-state index in [1.807, 2.05) is 37.3 Å². The van der Waals surface area contributed by atoms with Crippen LogP contribution in [0.25, 0.3) is 0 Å². The summed E-state index contributed by atoms with van der Waals surface area (Å²) in [4.78, 5) is 29.2. The molecule has 7 heteroatoms. The molecule has 1 N–H and O–H groups in total. The number of halogens is 1. The third-order valence-electron chi connectivity index (χ3n) is 7.07. The zero-order valence-electron chi connectivity index (χ0n) is 19.9. The SMILES string of the molecule is CC(C)c1cc2n(n1)C[C@](C)(C(=O)NC1CCCCCCC1)N(Cc1cccc(Cl)c1)C2=O. The van der Waals surface area contributed by atoms with Crippen molar-refractivity contribution in [2.24, 2.45) is 0 Å². The average molecular weight is 471 g/mol. The zero-order valence-corrected chi connectivity index (χ0v) is 20.7. The molecule has 0 spiro atoms. The lowest BCUT2D eigenvalue weighted by Gasteiger charge is -2.44. The van der Waals surface area contributed by atoms with E-state index in [9.17, 15) is 9.59 Å². The fourth-order valence-corrected chi connectivity index (χ4v) is 5.16. The van der Waals surface area contributed by atoms with Gasteiger partial charge in [-0.3, -0.25) is 14.3 Å². The fraction of sp³-hybridized carbons (Fsp3) is 0.577. The molecule has 178 valence electrons. The Morgan fingerprint density at radius 3 is 2.55 bits per heavy atom. The van der Waals surface area contributed by atoms with Crippen LogP contribution in [0.15, 0.2) is 30.3 Å². The molecule has 4 rings (SSSR count). The Bertz CT molecular complexity index is 1010. The van der Waals surface area contributed by atoms with Crippen molar-refractivity contribution in [3.8, 4) is 0 Å². The zero-order chi connectivity index (χ0) is 23.6. The summed E-state index contributed by atoms with van der Waals surface area (Å²) in [5.41, 5.74) is 1.26. The number of carbonyl (C=O) groups is 2. The van der Waals surface area contributed by atoms with Gasteiger partial charge in [0.2, 0.25) is 5.91 Å². The number of benzene rings is 1. The van der Waals surface area contributed by atoms with Crippen LogP contribution in [0, 0.1) is 0 Å². The molecule has 33 heavy (non-hydrogen) atoms. The first-order valence-electron chi connectivity index (χ1n) is 12.2. The second-order valence-corrected chi connectivity index (χ2v) is 10.5. The Morgan fingerprint density at radius 1 is 1.18 bits per heavy atom. The van der Waals surface area contributed by atoms with E-state index in [1.165, 1.54) is 19.3 Å². The van der Waals surface area contributed by atoms with E-state index in [2.05, 4.69) is 24.3 Å². The Kier molecular flexibility index (Phi) is 7.13. The van der Waals surface area contributed by atoms with E-state index in [1.54, 1.807) is 9.58 Å². The molecule has 0 unspecified atom stereocenters. The summed E-state index contributed by atoms with van der Waals surface area (Å²) < 4.78 is 1.73. The summed E-state index contributed by atoms with van der Waals surface area (Å²) in [6.07, 6.45) is 7.97. The minimum atomic E-state index is -1.05. The van der Waals surface area contributed by atoms with Gasteiger partial charge in [0, 0.05) is 17.6 Å². The van der Waals surface area contributed by atoms with Crippen LogP contribution in [-0.4, -0.2) is 38.1 Å². The van der Waals surface area contributed by atoms with E-state index in [0.29, 0.717) is 23.8 Å². The molecule has 1 aromatic carbocycles. The lowest BCUT2D eigenvalue weighted by atomic mass is 9.91. The monoisotopic (exact) mass is 470 g/mol. The molecule has 1 saturated carbocycles. The minimum absolute atomic E-state index is 0.101. The van der Waals surface area contributed by atoms with Gasteiger partial charge in [-0.25, -0.2) is 0 Å². The van der Waals surface area contributed by atoms with Crippen molar-refractivity contribution >= 4 is 23.4 Å². The topological polar surface area (TPSA) is 67.2 Å². The van der Waals surface area contributed by atoms with Gasteiger partial charge in [-0.15, -0.1) is 0 Å². The summed E-state index contributed by atoms with van der Waals surface area (Å²) in [5.74, 6) is -0.0704.